The van der Waals surface area contributed by atoms with E-state index in [9.17, 15) is 17.2 Å². The molecule has 1 N–H and O–H groups in total. The van der Waals surface area contributed by atoms with E-state index in [1.54, 1.807) is 18.2 Å². The summed E-state index contributed by atoms with van der Waals surface area (Å²) in [6.45, 7) is 0.162. The van der Waals surface area contributed by atoms with Crippen molar-refractivity contribution in [2.75, 3.05) is 12.3 Å². The normalized spacial score (nSPS) is 11.6. The van der Waals surface area contributed by atoms with E-state index in [1.165, 1.54) is 17.8 Å². The molecular formula is C15H14ClF2NO2S2. The third-order valence-electron chi connectivity index (χ3n) is 2.94. The summed E-state index contributed by atoms with van der Waals surface area (Å²) in [5.41, 5.74) is 0.571. The number of nitrogens with one attached hydrogen (secondary N) is 1. The van der Waals surface area contributed by atoms with Gasteiger partial charge >= 0.3 is 0 Å². The molecule has 0 aliphatic rings. The first-order chi connectivity index (χ1) is 10.9. The maximum atomic E-state index is 13.4. The lowest BCUT2D eigenvalue weighted by Crippen LogP contribution is -2.26. The molecule has 0 saturated heterocycles. The zero-order chi connectivity index (χ0) is 16.9. The van der Waals surface area contributed by atoms with Gasteiger partial charge in [-0.15, -0.1) is 0 Å². The van der Waals surface area contributed by atoms with Gasteiger partial charge in [0.25, 0.3) is 0 Å². The van der Waals surface area contributed by atoms with Crippen LogP contribution in [0.3, 0.4) is 0 Å². The van der Waals surface area contributed by atoms with Gasteiger partial charge in [-0.25, -0.2) is 21.9 Å². The van der Waals surface area contributed by atoms with E-state index in [0.29, 0.717) is 17.1 Å². The summed E-state index contributed by atoms with van der Waals surface area (Å²) >= 11 is 7.15. The zero-order valence-corrected chi connectivity index (χ0v) is 14.3. The first kappa shape index (κ1) is 18.2. The molecule has 0 heterocycles. The summed E-state index contributed by atoms with van der Waals surface area (Å²) < 4.78 is 52.9. The molecular weight excluding hydrogens is 364 g/mol. The highest BCUT2D eigenvalue weighted by Crippen LogP contribution is 2.22. The molecule has 2 rings (SSSR count). The maximum absolute atomic E-state index is 13.4. The minimum atomic E-state index is -3.80. The number of hydrogen-bond acceptors (Lipinski definition) is 3. The molecule has 2 aromatic carbocycles. The molecule has 0 radical (unpaired) electrons. The van der Waals surface area contributed by atoms with Gasteiger partial charge in [0.15, 0.2) is 0 Å². The molecule has 0 unspecified atom stereocenters. The van der Waals surface area contributed by atoms with Crippen molar-refractivity contribution < 1.29 is 17.2 Å². The van der Waals surface area contributed by atoms with Gasteiger partial charge in [0.05, 0.1) is 5.02 Å². The Kier molecular flexibility index (Phi) is 6.41. The molecule has 0 bridgehead atoms. The lowest BCUT2D eigenvalue weighted by Gasteiger charge is -2.08. The summed E-state index contributed by atoms with van der Waals surface area (Å²) in [4.78, 5) is -0.167. The SMILES string of the molecule is O=S(=O)(NCCSCc1ccccc1F)c1ccc(F)cc1Cl. The van der Waals surface area contributed by atoms with E-state index in [4.69, 9.17) is 11.6 Å². The highest BCUT2D eigenvalue weighted by Gasteiger charge is 2.17. The monoisotopic (exact) mass is 377 g/mol. The molecule has 3 nitrogen and oxygen atoms in total. The van der Waals surface area contributed by atoms with Crippen LogP contribution in [0.15, 0.2) is 47.4 Å². The van der Waals surface area contributed by atoms with Crippen LogP contribution in [0.4, 0.5) is 8.78 Å². The van der Waals surface area contributed by atoms with Gasteiger partial charge in [-0.1, -0.05) is 29.8 Å². The first-order valence-corrected chi connectivity index (χ1v) is 9.67. The third kappa shape index (κ3) is 5.17. The quantitative estimate of drug-likeness (QED) is 0.746. The molecule has 0 atom stereocenters. The molecule has 0 amide bonds. The Balaban J connectivity index is 1.85. The van der Waals surface area contributed by atoms with Crippen LogP contribution in [-0.2, 0) is 15.8 Å². The van der Waals surface area contributed by atoms with E-state index in [2.05, 4.69) is 4.72 Å². The van der Waals surface area contributed by atoms with Crippen LogP contribution in [0.2, 0.25) is 5.02 Å². The second-order valence-corrected chi connectivity index (χ2v) is 7.86. The van der Waals surface area contributed by atoms with Crippen LogP contribution >= 0.6 is 23.4 Å². The zero-order valence-electron chi connectivity index (χ0n) is 11.9. The number of halogens is 3. The largest absolute Gasteiger partial charge is 0.242 e. The van der Waals surface area contributed by atoms with Crippen LogP contribution in [0.5, 0.6) is 0 Å². The molecule has 2 aromatic rings. The third-order valence-corrected chi connectivity index (χ3v) is 5.89. The number of thioether (sulfide) groups is 1. The molecule has 0 aliphatic carbocycles. The summed E-state index contributed by atoms with van der Waals surface area (Å²) in [7, 11) is -3.80. The van der Waals surface area contributed by atoms with Gasteiger partial charge in [-0.2, -0.15) is 11.8 Å². The van der Waals surface area contributed by atoms with Crippen molar-refractivity contribution in [1.29, 1.82) is 0 Å². The van der Waals surface area contributed by atoms with Crippen molar-refractivity contribution in [2.24, 2.45) is 0 Å². The standard InChI is InChI=1S/C15H14ClF2NO2S2/c16-13-9-12(17)5-6-15(13)23(20,21)19-7-8-22-10-11-3-1-2-4-14(11)18/h1-6,9,19H,7-8,10H2. The molecule has 0 saturated carbocycles. The number of sulfonamides is 1. The van der Waals surface area contributed by atoms with E-state index in [-0.39, 0.29) is 22.3 Å². The van der Waals surface area contributed by atoms with Crippen LogP contribution < -0.4 is 4.72 Å². The Hall–Kier alpha value is -1.15. The van der Waals surface area contributed by atoms with Crippen LogP contribution in [0.25, 0.3) is 0 Å². The Morgan fingerprint density at radius 2 is 1.87 bits per heavy atom. The molecule has 124 valence electrons. The fourth-order valence-electron chi connectivity index (χ4n) is 1.82. The van der Waals surface area contributed by atoms with Crippen molar-refractivity contribution in [3.05, 3.63) is 64.7 Å². The Morgan fingerprint density at radius 1 is 1.13 bits per heavy atom. The average molecular weight is 378 g/mol. The first-order valence-electron chi connectivity index (χ1n) is 6.66. The van der Waals surface area contributed by atoms with Gasteiger partial charge in [0.2, 0.25) is 10.0 Å². The number of benzene rings is 2. The van der Waals surface area contributed by atoms with E-state index < -0.39 is 15.8 Å². The lowest BCUT2D eigenvalue weighted by molar-refractivity contribution is 0.583. The fraction of sp³-hybridized carbons (Fsp3) is 0.200. The second-order valence-electron chi connectivity index (χ2n) is 4.62. The maximum Gasteiger partial charge on any atom is 0.242 e. The van der Waals surface area contributed by atoms with Crippen molar-refractivity contribution >= 4 is 33.4 Å². The Labute approximate surface area is 143 Å². The number of rotatable bonds is 7. The summed E-state index contributed by atoms with van der Waals surface area (Å²) in [6.07, 6.45) is 0. The molecule has 0 aliphatic heterocycles. The van der Waals surface area contributed by atoms with Crippen LogP contribution in [-0.4, -0.2) is 20.7 Å². The van der Waals surface area contributed by atoms with E-state index >= 15 is 0 Å². The highest BCUT2D eigenvalue weighted by atomic mass is 35.5. The van der Waals surface area contributed by atoms with Crippen molar-refractivity contribution in [2.45, 2.75) is 10.6 Å². The van der Waals surface area contributed by atoms with Gasteiger partial charge < -0.3 is 0 Å². The molecule has 0 aromatic heterocycles. The van der Waals surface area contributed by atoms with Gasteiger partial charge in [0.1, 0.15) is 16.5 Å². The van der Waals surface area contributed by atoms with Gasteiger partial charge in [-0.3, -0.25) is 0 Å². The predicted octanol–water partition coefficient (Wildman–Crippen LogP) is 3.83. The van der Waals surface area contributed by atoms with Crippen molar-refractivity contribution in [3.63, 3.8) is 0 Å². The summed E-state index contributed by atoms with van der Waals surface area (Å²) in [5, 5.41) is -0.170. The van der Waals surface area contributed by atoms with Gasteiger partial charge in [-0.05, 0) is 29.8 Å². The van der Waals surface area contributed by atoms with Crippen molar-refractivity contribution in [3.8, 4) is 0 Å². The van der Waals surface area contributed by atoms with Crippen molar-refractivity contribution in [1.82, 2.24) is 4.72 Å². The topological polar surface area (TPSA) is 46.2 Å². The highest BCUT2D eigenvalue weighted by molar-refractivity contribution is 7.98. The van der Waals surface area contributed by atoms with Gasteiger partial charge in [0, 0.05) is 18.1 Å². The summed E-state index contributed by atoms with van der Waals surface area (Å²) in [6, 6.07) is 9.53. The second kappa shape index (κ2) is 8.10. The average Bonchev–Trinajstić information content (AvgIpc) is 2.48. The Morgan fingerprint density at radius 3 is 2.57 bits per heavy atom. The minimum absolute atomic E-state index is 0.162. The lowest BCUT2D eigenvalue weighted by atomic mass is 10.2. The van der Waals surface area contributed by atoms with E-state index in [1.807, 2.05) is 0 Å². The van der Waals surface area contributed by atoms with Crippen LogP contribution in [0.1, 0.15) is 5.56 Å². The molecule has 23 heavy (non-hydrogen) atoms. The van der Waals surface area contributed by atoms with Crippen LogP contribution in [0, 0.1) is 11.6 Å². The minimum Gasteiger partial charge on any atom is -0.210 e. The van der Waals surface area contributed by atoms with E-state index in [0.717, 1.165) is 18.2 Å². The number of hydrogen-bond donors (Lipinski definition) is 1. The molecule has 0 fully saturated rings. The Bertz CT molecular complexity index is 785. The predicted molar refractivity (Wildman–Crippen MR) is 89.2 cm³/mol. The molecule has 0 spiro atoms. The smallest absolute Gasteiger partial charge is 0.210 e. The fourth-order valence-corrected chi connectivity index (χ4v) is 4.35. The summed E-state index contributed by atoms with van der Waals surface area (Å²) in [5.74, 6) is 0.0333. The molecule has 8 heteroatoms.